The summed E-state index contributed by atoms with van der Waals surface area (Å²) < 4.78 is 9.90. The number of anilines is 1. The second-order valence-electron chi connectivity index (χ2n) is 3.97. The van der Waals surface area contributed by atoms with Gasteiger partial charge >= 0.3 is 5.97 Å². The van der Waals surface area contributed by atoms with Gasteiger partial charge in [-0.25, -0.2) is 4.98 Å². The minimum absolute atomic E-state index is 0.0869. The molecule has 2 heterocycles. The maximum absolute atomic E-state index is 11.9. The van der Waals surface area contributed by atoms with Gasteiger partial charge in [0.25, 0.3) is 5.91 Å². The minimum Gasteiger partial charge on any atom is -0.469 e. The van der Waals surface area contributed by atoms with Crippen molar-refractivity contribution in [3.05, 3.63) is 34.7 Å². The van der Waals surface area contributed by atoms with Crippen molar-refractivity contribution < 1.29 is 18.7 Å². The van der Waals surface area contributed by atoms with E-state index in [1.807, 2.05) is 6.92 Å². The number of hydrogen-bond acceptors (Lipinski definition) is 6. The van der Waals surface area contributed by atoms with Crippen molar-refractivity contribution in [3.63, 3.8) is 0 Å². The molecule has 0 saturated heterocycles. The molecule has 6 nitrogen and oxygen atoms in total. The molecule has 1 N–H and O–H groups in total. The summed E-state index contributed by atoms with van der Waals surface area (Å²) in [6.45, 7) is 1.94. The van der Waals surface area contributed by atoms with Crippen molar-refractivity contribution in [2.75, 3.05) is 12.4 Å². The Hall–Kier alpha value is -2.15. The van der Waals surface area contributed by atoms with Gasteiger partial charge in [-0.1, -0.05) is 6.92 Å². The van der Waals surface area contributed by atoms with Crippen LogP contribution in [0.3, 0.4) is 0 Å². The van der Waals surface area contributed by atoms with E-state index in [1.165, 1.54) is 18.4 Å². The lowest BCUT2D eigenvalue weighted by Gasteiger charge is -1.98. The van der Waals surface area contributed by atoms with Crippen LogP contribution in [0.15, 0.2) is 21.9 Å². The van der Waals surface area contributed by atoms with E-state index >= 15 is 0 Å². The third kappa shape index (κ3) is 3.45. The van der Waals surface area contributed by atoms with Gasteiger partial charge in [-0.3, -0.25) is 14.9 Å². The highest BCUT2D eigenvalue weighted by Gasteiger charge is 2.14. The van der Waals surface area contributed by atoms with Crippen molar-refractivity contribution >= 4 is 28.3 Å². The van der Waals surface area contributed by atoms with Gasteiger partial charge < -0.3 is 9.15 Å². The van der Waals surface area contributed by atoms with Crippen molar-refractivity contribution in [1.82, 2.24) is 4.98 Å². The number of methoxy groups -OCH3 is 1. The first-order chi connectivity index (χ1) is 9.62. The Kier molecular flexibility index (Phi) is 4.52. The van der Waals surface area contributed by atoms with Crippen LogP contribution in [0, 0.1) is 0 Å². The van der Waals surface area contributed by atoms with Crippen LogP contribution in [-0.4, -0.2) is 24.0 Å². The Morgan fingerprint density at radius 2 is 2.25 bits per heavy atom. The van der Waals surface area contributed by atoms with Crippen LogP contribution in [0.1, 0.15) is 28.9 Å². The Bertz CT molecular complexity index is 617. The number of nitrogens with one attached hydrogen (secondary N) is 1. The molecule has 2 aromatic rings. The number of aromatic nitrogens is 1. The number of rotatable bonds is 5. The van der Waals surface area contributed by atoms with E-state index in [0.717, 1.165) is 12.2 Å². The monoisotopic (exact) mass is 294 g/mol. The smallest absolute Gasteiger partial charge is 0.311 e. The van der Waals surface area contributed by atoms with E-state index in [9.17, 15) is 9.59 Å². The van der Waals surface area contributed by atoms with Gasteiger partial charge in [0.05, 0.1) is 19.2 Å². The number of aryl methyl sites for hydroxylation is 1. The lowest BCUT2D eigenvalue weighted by molar-refractivity contribution is -0.139. The van der Waals surface area contributed by atoms with Crippen LogP contribution in [0.25, 0.3) is 0 Å². The molecule has 2 rings (SSSR count). The molecule has 106 valence electrons. The minimum atomic E-state index is -0.369. The van der Waals surface area contributed by atoms with Crippen LogP contribution in [0.2, 0.25) is 0 Å². The lowest BCUT2D eigenvalue weighted by atomic mass is 10.3. The number of nitrogens with zero attached hydrogens (tertiary/aromatic N) is 1. The highest BCUT2D eigenvalue weighted by molar-refractivity contribution is 7.14. The fourth-order valence-corrected chi connectivity index (χ4v) is 2.22. The maximum Gasteiger partial charge on any atom is 0.311 e. The molecular weight excluding hydrogens is 280 g/mol. The largest absolute Gasteiger partial charge is 0.469 e. The van der Waals surface area contributed by atoms with E-state index in [2.05, 4.69) is 15.0 Å². The number of furan rings is 1. The van der Waals surface area contributed by atoms with E-state index in [4.69, 9.17) is 4.42 Å². The summed E-state index contributed by atoms with van der Waals surface area (Å²) in [6.07, 6.45) is 0.817. The number of amides is 1. The molecule has 7 heteroatoms. The zero-order valence-electron chi connectivity index (χ0n) is 11.1. The summed E-state index contributed by atoms with van der Waals surface area (Å²) in [6, 6.07) is 3.39. The Morgan fingerprint density at radius 1 is 1.45 bits per heavy atom. The van der Waals surface area contributed by atoms with Crippen molar-refractivity contribution in [3.8, 4) is 0 Å². The quantitative estimate of drug-likeness (QED) is 0.855. The maximum atomic E-state index is 11.9. The summed E-state index contributed by atoms with van der Waals surface area (Å²) in [5, 5.41) is 4.75. The van der Waals surface area contributed by atoms with Crippen LogP contribution in [0.4, 0.5) is 5.13 Å². The molecule has 0 bridgehead atoms. The molecular formula is C13H14N2O4S. The zero-order valence-corrected chi connectivity index (χ0v) is 12.0. The zero-order chi connectivity index (χ0) is 14.5. The second kappa shape index (κ2) is 6.33. The summed E-state index contributed by atoms with van der Waals surface area (Å²) in [7, 11) is 1.32. The molecule has 0 radical (unpaired) electrons. The molecule has 0 aliphatic rings. The first-order valence-corrected chi connectivity index (χ1v) is 6.91. The predicted octanol–water partition coefficient (Wildman–Crippen LogP) is 2.27. The number of thiazole rings is 1. The molecule has 0 aliphatic heterocycles. The second-order valence-corrected chi connectivity index (χ2v) is 4.83. The van der Waals surface area contributed by atoms with Gasteiger partial charge in [-0.2, -0.15) is 0 Å². The number of hydrogen-bond donors (Lipinski definition) is 1. The molecule has 0 saturated carbocycles. The number of carbonyl (C=O) groups excluding carboxylic acids is 2. The van der Waals surface area contributed by atoms with Crippen molar-refractivity contribution in [1.29, 1.82) is 0 Å². The summed E-state index contributed by atoms with van der Waals surface area (Å²) in [5.74, 6) is 0.266. The van der Waals surface area contributed by atoms with Crippen LogP contribution in [-0.2, 0) is 22.4 Å². The fourth-order valence-electron chi connectivity index (χ4n) is 1.51. The number of ether oxygens (including phenoxy) is 1. The van der Waals surface area contributed by atoms with Gasteiger partial charge in [0.15, 0.2) is 10.9 Å². The highest BCUT2D eigenvalue weighted by atomic mass is 32.1. The van der Waals surface area contributed by atoms with E-state index in [1.54, 1.807) is 17.5 Å². The average molecular weight is 294 g/mol. The normalized spacial score (nSPS) is 10.3. The van der Waals surface area contributed by atoms with Crippen molar-refractivity contribution in [2.24, 2.45) is 0 Å². The van der Waals surface area contributed by atoms with Gasteiger partial charge in [-0.05, 0) is 12.1 Å². The van der Waals surface area contributed by atoms with Gasteiger partial charge in [0.1, 0.15) is 5.76 Å². The summed E-state index contributed by atoms with van der Waals surface area (Å²) in [4.78, 5) is 27.1. The molecule has 0 fully saturated rings. The Morgan fingerprint density at radius 3 is 2.90 bits per heavy atom. The average Bonchev–Trinajstić information content (AvgIpc) is 3.07. The van der Waals surface area contributed by atoms with Gasteiger partial charge in [-0.15, -0.1) is 11.3 Å². The standard InChI is InChI=1S/C13H14N2O4S/c1-3-9-4-5-10(19-9)12(17)15-13-14-8(7-20-13)6-11(16)18-2/h4-5,7H,3,6H2,1-2H3,(H,14,15,17). The third-order valence-electron chi connectivity index (χ3n) is 2.56. The molecule has 0 atom stereocenters. The predicted molar refractivity (Wildman–Crippen MR) is 73.9 cm³/mol. The summed E-state index contributed by atoms with van der Waals surface area (Å²) >= 11 is 1.25. The molecule has 2 aromatic heterocycles. The van der Waals surface area contributed by atoms with Crippen LogP contribution >= 0.6 is 11.3 Å². The van der Waals surface area contributed by atoms with E-state index in [0.29, 0.717) is 10.8 Å². The van der Waals surface area contributed by atoms with Crippen LogP contribution in [0.5, 0.6) is 0 Å². The Labute approximate surface area is 119 Å². The van der Waals surface area contributed by atoms with Gasteiger partial charge in [0.2, 0.25) is 0 Å². The van der Waals surface area contributed by atoms with E-state index in [-0.39, 0.29) is 24.1 Å². The van der Waals surface area contributed by atoms with Crippen molar-refractivity contribution in [2.45, 2.75) is 19.8 Å². The molecule has 0 aliphatic carbocycles. The van der Waals surface area contributed by atoms with Gasteiger partial charge in [0, 0.05) is 11.8 Å². The molecule has 1 amide bonds. The number of esters is 1. The first-order valence-electron chi connectivity index (χ1n) is 6.03. The molecule has 0 unspecified atom stereocenters. The number of carbonyl (C=O) groups is 2. The SMILES string of the molecule is CCc1ccc(C(=O)Nc2nc(CC(=O)OC)cs2)o1. The highest BCUT2D eigenvalue weighted by Crippen LogP contribution is 2.18. The summed E-state index contributed by atoms with van der Waals surface area (Å²) in [5.41, 5.74) is 0.561. The molecule has 0 spiro atoms. The lowest BCUT2D eigenvalue weighted by Crippen LogP contribution is -2.11. The first kappa shape index (κ1) is 14.3. The van der Waals surface area contributed by atoms with Crippen LogP contribution < -0.4 is 5.32 Å². The third-order valence-corrected chi connectivity index (χ3v) is 3.37. The molecule has 0 aromatic carbocycles. The molecule has 20 heavy (non-hydrogen) atoms. The Balaban J connectivity index is 1.99. The topological polar surface area (TPSA) is 81.4 Å². The fraction of sp³-hybridized carbons (Fsp3) is 0.308. The van der Waals surface area contributed by atoms with E-state index < -0.39 is 0 Å².